The summed E-state index contributed by atoms with van der Waals surface area (Å²) in [5, 5.41) is 0. The average Bonchev–Trinajstić information content (AvgIpc) is 3.03. The topological polar surface area (TPSA) is 17.8 Å². The van der Waals surface area contributed by atoms with Gasteiger partial charge in [0.1, 0.15) is 5.82 Å². The summed E-state index contributed by atoms with van der Waals surface area (Å²) in [5.74, 6) is 4.21. The van der Waals surface area contributed by atoms with Gasteiger partial charge in [-0.05, 0) is 61.8 Å². The van der Waals surface area contributed by atoms with Crippen LogP contribution in [-0.4, -0.2) is 9.55 Å². The Morgan fingerprint density at radius 3 is 2.30 bits per heavy atom. The van der Waals surface area contributed by atoms with Gasteiger partial charge in [-0.2, -0.15) is 0 Å². The number of halogens is 1. The Morgan fingerprint density at radius 2 is 1.61 bits per heavy atom. The molecule has 1 aliphatic heterocycles. The lowest BCUT2D eigenvalue weighted by Crippen LogP contribution is -2.48. The van der Waals surface area contributed by atoms with Crippen molar-refractivity contribution in [3.8, 4) is 11.4 Å². The molecule has 0 spiro atoms. The lowest BCUT2D eigenvalue weighted by atomic mass is 9.49. The number of rotatable bonds is 1. The van der Waals surface area contributed by atoms with Crippen molar-refractivity contribution in [2.24, 2.45) is 17.8 Å². The lowest BCUT2D eigenvalue weighted by molar-refractivity contribution is -0.00704. The molecule has 0 N–H and O–H groups in total. The molecule has 4 aliphatic carbocycles. The molecule has 3 heteroatoms. The molecule has 4 bridgehead atoms. The minimum absolute atomic E-state index is 0. The monoisotopic (exact) mass is 370 g/mol. The highest BCUT2D eigenvalue weighted by Gasteiger charge is 2.52. The van der Waals surface area contributed by atoms with Gasteiger partial charge in [-0.25, -0.2) is 4.98 Å². The SMILES string of the molecule is Br.c1ccc2c(c1)Cn1cc(C34CC5CC(CC(C5)C3)C4)nc1-2. The standard InChI is InChI=1S/C20H22N2.BrH/c1-2-4-17-16(3-1)11-22-12-18(21-19(17)22)20-8-13-5-14(9-20)7-15(6-13)10-20;/h1-4,12-15H,5-11H2;1H. The summed E-state index contributed by atoms with van der Waals surface area (Å²) >= 11 is 0. The highest BCUT2D eigenvalue weighted by Crippen LogP contribution is 2.60. The smallest absolute Gasteiger partial charge is 0.140 e. The predicted octanol–water partition coefficient (Wildman–Crippen LogP) is 4.96. The van der Waals surface area contributed by atoms with Crippen LogP contribution >= 0.6 is 17.0 Å². The van der Waals surface area contributed by atoms with Crippen LogP contribution in [0.2, 0.25) is 0 Å². The molecule has 4 fully saturated rings. The van der Waals surface area contributed by atoms with Crippen LogP contribution in [0.5, 0.6) is 0 Å². The van der Waals surface area contributed by atoms with Gasteiger partial charge in [0.2, 0.25) is 0 Å². The molecule has 2 aromatic rings. The highest BCUT2D eigenvalue weighted by atomic mass is 79.9. The summed E-state index contributed by atoms with van der Waals surface area (Å²) in [5.41, 5.74) is 4.65. The molecule has 0 saturated heterocycles. The summed E-state index contributed by atoms with van der Waals surface area (Å²) in [6.45, 7) is 1.02. The molecular weight excluding hydrogens is 348 g/mol. The van der Waals surface area contributed by atoms with E-state index in [1.807, 2.05) is 0 Å². The number of hydrogen-bond acceptors (Lipinski definition) is 1. The van der Waals surface area contributed by atoms with E-state index in [0.717, 1.165) is 24.3 Å². The molecule has 2 heterocycles. The third-order valence-corrected chi connectivity index (χ3v) is 6.96. The van der Waals surface area contributed by atoms with E-state index in [4.69, 9.17) is 4.98 Å². The molecule has 1 aromatic carbocycles. The molecular formula is C20H23BrN2. The summed E-state index contributed by atoms with van der Waals surface area (Å²) < 4.78 is 2.40. The third-order valence-electron chi connectivity index (χ3n) is 6.96. The van der Waals surface area contributed by atoms with Crippen molar-refractivity contribution < 1.29 is 0 Å². The van der Waals surface area contributed by atoms with Crippen LogP contribution in [0.3, 0.4) is 0 Å². The van der Waals surface area contributed by atoms with Crippen LogP contribution in [0.15, 0.2) is 30.5 Å². The van der Waals surface area contributed by atoms with Gasteiger partial charge in [-0.3, -0.25) is 0 Å². The predicted molar refractivity (Wildman–Crippen MR) is 96.9 cm³/mol. The number of benzene rings is 1. The van der Waals surface area contributed by atoms with Gasteiger partial charge in [0.25, 0.3) is 0 Å². The van der Waals surface area contributed by atoms with Crippen LogP contribution < -0.4 is 0 Å². The number of nitrogens with zero attached hydrogens (tertiary/aromatic N) is 2. The summed E-state index contributed by atoms with van der Waals surface area (Å²) in [7, 11) is 0. The first-order valence-corrected chi connectivity index (χ1v) is 8.95. The largest absolute Gasteiger partial charge is 0.326 e. The van der Waals surface area contributed by atoms with Crippen LogP contribution in [0, 0.1) is 17.8 Å². The first-order valence-electron chi connectivity index (χ1n) is 8.95. The average molecular weight is 371 g/mol. The second-order valence-corrected chi connectivity index (χ2v) is 8.43. The van der Waals surface area contributed by atoms with Crippen LogP contribution in [0.25, 0.3) is 11.4 Å². The zero-order valence-electron chi connectivity index (χ0n) is 13.4. The third kappa shape index (κ3) is 1.89. The molecule has 5 aliphatic rings. The molecule has 0 unspecified atom stereocenters. The van der Waals surface area contributed by atoms with Crippen molar-refractivity contribution in [2.75, 3.05) is 0 Å². The van der Waals surface area contributed by atoms with Gasteiger partial charge in [0.15, 0.2) is 0 Å². The Bertz CT molecular complexity index is 740. The first-order chi connectivity index (χ1) is 10.8. The fourth-order valence-electron chi connectivity index (χ4n) is 6.49. The zero-order chi connectivity index (χ0) is 14.3. The van der Waals surface area contributed by atoms with Gasteiger partial charge >= 0.3 is 0 Å². The quantitative estimate of drug-likeness (QED) is 0.591. The maximum Gasteiger partial charge on any atom is 0.140 e. The van der Waals surface area contributed by atoms with Crippen molar-refractivity contribution >= 4 is 17.0 Å². The molecule has 1 aromatic heterocycles. The molecule has 0 amide bonds. The summed E-state index contributed by atoms with van der Waals surface area (Å²) in [6.07, 6.45) is 11.2. The normalized spacial score (nSPS) is 35.7. The van der Waals surface area contributed by atoms with Crippen molar-refractivity contribution in [1.29, 1.82) is 0 Å². The molecule has 7 rings (SSSR count). The van der Waals surface area contributed by atoms with Gasteiger partial charge in [-0.1, -0.05) is 24.3 Å². The van der Waals surface area contributed by atoms with Crippen molar-refractivity contribution in [3.63, 3.8) is 0 Å². The van der Waals surface area contributed by atoms with E-state index in [1.54, 1.807) is 0 Å². The Kier molecular flexibility index (Phi) is 2.93. The van der Waals surface area contributed by atoms with E-state index in [9.17, 15) is 0 Å². The number of imidazole rings is 1. The second kappa shape index (κ2) is 4.72. The molecule has 0 radical (unpaired) electrons. The van der Waals surface area contributed by atoms with E-state index >= 15 is 0 Å². The van der Waals surface area contributed by atoms with E-state index in [1.165, 1.54) is 61.2 Å². The maximum atomic E-state index is 5.19. The Balaban J connectivity index is 0.00000121. The molecule has 4 saturated carbocycles. The van der Waals surface area contributed by atoms with E-state index in [0.29, 0.717) is 5.41 Å². The fourth-order valence-corrected chi connectivity index (χ4v) is 6.49. The van der Waals surface area contributed by atoms with Gasteiger partial charge in [0.05, 0.1) is 5.69 Å². The molecule has 23 heavy (non-hydrogen) atoms. The number of fused-ring (bicyclic) bond motifs is 3. The Morgan fingerprint density at radius 1 is 0.957 bits per heavy atom. The molecule has 2 nitrogen and oxygen atoms in total. The molecule has 120 valence electrons. The van der Waals surface area contributed by atoms with Crippen molar-refractivity contribution in [1.82, 2.24) is 9.55 Å². The van der Waals surface area contributed by atoms with Gasteiger partial charge in [-0.15, -0.1) is 17.0 Å². The minimum atomic E-state index is 0. The van der Waals surface area contributed by atoms with Crippen molar-refractivity contribution in [2.45, 2.75) is 50.5 Å². The Hall–Kier alpha value is -1.09. The number of hydrogen-bond donors (Lipinski definition) is 0. The van der Waals surface area contributed by atoms with Gasteiger partial charge < -0.3 is 4.57 Å². The fraction of sp³-hybridized carbons (Fsp3) is 0.550. The summed E-state index contributed by atoms with van der Waals surface area (Å²) in [4.78, 5) is 5.19. The first kappa shape index (κ1) is 14.3. The van der Waals surface area contributed by atoms with Crippen LogP contribution in [-0.2, 0) is 12.0 Å². The molecule has 0 atom stereocenters. The van der Waals surface area contributed by atoms with E-state index < -0.39 is 0 Å². The van der Waals surface area contributed by atoms with Crippen molar-refractivity contribution in [3.05, 3.63) is 41.7 Å². The zero-order valence-corrected chi connectivity index (χ0v) is 15.1. The summed E-state index contributed by atoms with van der Waals surface area (Å²) in [6, 6.07) is 8.78. The van der Waals surface area contributed by atoms with E-state index in [-0.39, 0.29) is 17.0 Å². The minimum Gasteiger partial charge on any atom is -0.326 e. The van der Waals surface area contributed by atoms with Gasteiger partial charge in [0, 0.05) is 23.7 Å². The maximum absolute atomic E-state index is 5.19. The Labute approximate surface area is 148 Å². The highest BCUT2D eigenvalue weighted by molar-refractivity contribution is 8.93. The number of aromatic nitrogens is 2. The van der Waals surface area contributed by atoms with Crippen LogP contribution in [0.4, 0.5) is 0 Å². The van der Waals surface area contributed by atoms with Crippen LogP contribution in [0.1, 0.15) is 49.8 Å². The van der Waals surface area contributed by atoms with E-state index in [2.05, 4.69) is 35.0 Å². The second-order valence-electron chi connectivity index (χ2n) is 8.43. The lowest BCUT2D eigenvalue weighted by Gasteiger charge is -2.56.